The van der Waals surface area contributed by atoms with Crippen LogP contribution in [0.4, 0.5) is 11.4 Å². The lowest BCUT2D eigenvalue weighted by atomic mass is 10.0. The van der Waals surface area contributed by atoms with E-state index < -0.39 is 0 Å². The molecule has 0 fully saturated rings. The Hall–Kier alpha value is -2.49. The first-order chi connectivity index (χ1) is 10.0. The summed E-state index contributed by atoms with van der Waals surface area (Å²) in [5, 5.41) is 2.83. The molecule has 0 aromatic heterocycles. The summed E-state index contributed by atoms with van der Waals surface area (Å²) in [4.78, 5) is 11.9. The molecule has 0 radical (unpaired) electrons. The highest BCUT2D eigenvalue weighted by Gasteiger charge is 2.05. The predicted molar refractivity (Wildman–Crippen MR) is 85.5 cm³/mol. The molecule has 0 saturated carbocycles. The zero-order chi connectivity index (χ0) is 15.2. The Bertz CT molecular complexity index is 606. The SMILES string of the molecule is CC(C)c1cccc(NC(=O)COc2ccc(N)cc2)c1. The fraction of sp³-hybridized carbons (Fsp3) is 0.235. The minimum Gasteiger partial charge on any atom is -0.484 e. The largest absolute Gasteiger partial charge is 0.484 e. The monoisotopic (exact) mass is 284 g/mol. The number of nitrogens with two attached hydrogens (primary N) is 1. The highest BCUT2D eigenvalue weighted by Crippen LogP contribution is 2.18. The van der Waals surface area contributed by atoms with E-state index in [1.165, 1.54) is 5.56 Å². The van der Waals surface area contributed by atoms with Crippen LogP contribution in [0.15, 0.2) is 48.5 Å². The molecule has 0 spiro atoms. The molecule has 0 atom stereocenters. The maximum atomic E-state index is 11.9. The Morgan fingerprint density at radius 1 is 1.19 bits per heavy atom. The number of amides is 1. The molecule has 0 bridgehead atoms. The summed E-state index contributed by atoms with van der Waals surface area (Å²) < 4.78 is 5.41. The van der Waals surface area contributed by atoms with Crippen molar-refractivity contribution >= 4 is 17.3 Å². The highest BCUT2D eigenvalue weighted by atomic mass is 16.5. The van der Waals surface area contributed by atoms with Crippen molar-refractivity contribution < 1.29 is 9.53 Å². The Labute approximate surface area is 124 Å². The van der Waals surface area contributed by atoms with Gasteiger partial charge in [0.2, 0.25) is 0 Å². The van der Waals surface area contributed by atoms with Crippen molar-refractivity contribution in [3.8, 4) is 5.75 Å². The summed E-state index contributed by atoms with van der Waals surface area (Å²) in [6.07, 6.45) is 0. The van der Waals surface area contributed by atoms with Crippen LogP contribution in [-0.4, -0.2) is 12.5 Å². The summed E-state index contributed by atoms with van der Waals surface area (Å²) in [6.45, 7) is 4.20. The molecular weight excluding hydrogens is 264 g/mol. The normalized spacial score (nSPS) is 10.4. The van der Waals surface area contributed by atoms with Gasteiger partial charge in [0.05, 0.1) is 0 Å². The number of benzene rings is 2. The Kier molecular flexibility index (Phi) is 4.82. The Morgan fingerprint density at radius 3 is 2.57 bits per heavy atom. The zero-order valence-corrected chi connectivity index (χ0v) is 12.3. The lowest BCUT2D eigenvalue weighted by molar-refractivity contribution is -0.118. The van der Waals surface area contributed by atoms with E-state index in [2.05, 4.69) is 19.2 Å². The third kappa shape index (κ3) is 4.53. The van der Waals surface area contributed by atoms with Crippen molar-refractivity contribution in [1.29, 1.82) is 0 Å². The fourth-order valence-electron chi connectivity index (χ4n) is 1.89. The molecule has 2 aromatic carbocycles. The van der Waals surface area contributed by atoms with E-state index >= 15 is 0 Å². The second-order valence-electron chi connectivity index (χ2n) is 5.19. The number of hydrogen-bond donors (Lipinski definition) is 2. The quantitative estimate of drug-likeness (QED) is 0.827. The molecule has 0 aliphatic heterocycles. The molecule has 2 rings (SSSR count). The van der Waals surface area contributed by atoms with Gasteiger partial charge in [0, 0.05) is 11.4 Å². The first-order valence-corrected chi connectivity index (χ1v) is 6.93. The van der Waals surface area contributed by atoms with Crippen molar-refractivity contribution in [3.05, 3.63) is 54.1 Å². The number of nitrogens with one attached hydrogen (secondary N) is 1. The second-order valence-corrected chi connectivity index (χ2v) is 5.19. The fourth-order valence-corrected chi connectivity index (χ4v) is 1.89. The minimum absolute atomic E-state index is 0.0319. The van der Waals surface area contributed by atoms with Crippen molar-refractivity contribution in [3.63, 3.8) is 0 Å². The summed E-state index contributed by atoms with van der Waals surface area (Å²) in [5.74, 6) is 0.857. The van der Waals surface area contributed by atoms with E-state index in [0.29, 0.717) is 17.4 Å². The van der Waals surface area contributed by atoms with Crippen molar-refractivity contribution in [2.24, 2.45) is 0 Å². The maximum Gasteiger partial charge on any atom is 0.262 e. The van der Waals surface area contributed by atoms with Gasteiger partial charge < -0.3 is 15.8 Å². The Balaban J connectivity index is 1.89. The number of nitrogen functional groups attached to an aromatic ring is 1. The lowest BCUT2D eigenvalue weighted by Gasteiger charge is -2.10. The summed E-state index contributed by atoms with van der Waals surface area (Å²) >= 11 is 0. The van der Waals surface area contributed by atoms with Crippen LogP contribution in [-0.2, 0) is 4.79 Å². The molecule has 0 aliphatic rings. The van der Waals surface area contributed by atoms with E-state index in [0.717, 1.165) is 5.69 Å². The average molecular weight is 284 g/mol. The number of carbonyl (C=O) groups excluding carboxylic acids is 1. The van der Waals surface area contributed by atoms with E-state index in [1.54, 1.807) is 24.3 Å². The number of ether oxygens (including phenoxy) is 1. The predicted octanol–water partition coefficient (Wildman–Crippen LogP) is 3.41. The van der Waals surface area contributed by atoms with Gasteiger partial charge in [-0.3, -0.25) is 4.79 Å². The topological polar surface area (TPSA) is 64.3 Å². The van der Waals surface area contributed by atoms with E-state index in [9.17, 15) is 4.79 Å². The van der Waals surface area contributed by atoms with Crippen molar-refractivity contribution in [2.75, 3.05) is 17.7 Å². The van der Waals surface area contributed by atoms with Gasteiger partial charge in [0.1, 0.15) is 5.75 Å². The molecule has 0 aliphatic carbocycles. The molecule has 0 saturated heterocycles. The molecule has 4 nitrogen and oxygen atoms in total. The van der Waals surface area contributed by atoms with Crippen LogP contribution in [0.5, 0.6) is 5.75 Å². The van der Waals surface area contributed by atoms with E-state index in [4.69, 9.17) is 10.5 Å². The Morgan fingerprint density at radius 2 is 1.90 bits per heavy atom. The van der Waals surface area contributed by atoms with Crippen molar-refractivity contribution in [1.82, 2.24) is 0 Å². The van der Waals surface area contributed by atoms with Crippen LogP contribution >= 0.6 is 0 Å². The number of carbonyl (C=O) groups is 1. The van der Waals surface area contributed by atoms with Crippen LogP contribution in [0, 0.1) is 0 Å². The van der Waals surface area contributed by atoms with Gasteiger partial charge in [0.25, 0.3) is 5.91 Å². The van der Waals surface area contributed by atoms with E-state index in [1.807, 2.05) is 24.3 Å². The van der Waals surface area contributed by atoms with Gasteiger partial charge in [-0.2, -0.15) is 0 Å². The van der Waals surface area contributed by atoms with Gasteiger partial charge in [0.15, 0.2) is 6.61 Å². The summed E-state index contributed by atoms with van der Waals surface area (Å²) in [7, 11) is 0. The molecular formula is C17H20N2O2. The van der Waals surface area contributed by atoms with Crippen LogP contribution in [0.1, 0.15) is 25.3 Å². The molecule has 3 N–H and O–H groups in total. The molecule has 0 unspecified atom stereocenters. The van der Waals surface area contributed by atoms with Crippen LogP contribution < -0.4 is 15.8 Å². The van der Waals surface area contributed by atoms with E-state index in [-0.39, 0.29) is 12.5 Å². The average Bonchev–Trinajstić information content (AvgIpc) is 2.47. The second kappa shape index (κ2) is 6.79. The molecule has 2 aromatic rings. The third-order valence-corrected chi connectivity index (χ3v) is 3.09. The van der Waals surface area contributed by atoms with Crippen LogP contribution in [0.25, 0.3) is 0 Å². The minimum atomic E-state index is -0.187. The maximum absolute atomic E-state index is 11.9. The number of hydrogen-bond acceptors (Lipinski definition) is 3. The van der Waals surface area contributed by atoms with Gasteiger partial charge >= 0.3 is 0 Å². The molecule has 110 valence electrons. The van der Waals surface area contributed by atoms with Gasteiger partial charge in [-0.15, -0.1) is 0 Å². The summed E-state index contributed by atoms with van der Waals surface area (Å²) in [6, 6.07) is 14.8. The smallest absolute Gasteiger partial charge is 0.262 e. The van der Waals surface area contributed by atoms with Gasteiger partial charge in [-0.05, 0) is 47.9 Å². The van der Waals surface area contributed by atoms with Gasteiger partial charge in [-0.25, -0.2) is 0 Å². The third-order valence-electron chi connectivity index (χ3n) is 3.09. The summed E-state index contributed by atoms with van der Waals surface area (Å²) in [5.41, 5.74) is 8.22. The standard InChI is InChI=1S/C17H20N2O2/c1-12(2)13-4-3-5-15(10-13)19-17(20)11-21-16-8-6-14(18)7-9-16/h3-10,12H,11,18H2,1-2H3,(H,19,20). The first-order valence-electron chi connectivity index (χ1n) is 6.93. The van der Waals surface area contributed by atoms with Crippen LogP contribution in [0.2, 0.25) is 0 Å². The molecule has 1 amide bonds. The molecule has 0 heterocycles. The van der Waals surface area contributed by atoms with Gasteiger partial charge in [-0.1, -0.05) is 26.0 Å². The van der Waals surface area contributed by atoms with Crippen molar-refractivity contribution in [2.45, 2.75) is 19.8 Å². The lowest BCUT2D eigenvalue weighted by Crippen LogP contribution is -2.20. The molecule has 4 heteroatoms. The first kappa shape index (κ1) is 14.9. The van der Waals surface area contributed by atoms with Crippen LogP contribution in [0.3, 0.4) is 0 Å². The zero-order valence-electron chi connectivity index (χ0n) is 12.3. The number of rotatable bonds is 5. The highest BCUT2D eigenvalue weighted by molar-refractivity contribution is 5.91. The number of anilines is 2. The molecule has 21 heavy (non-hydrogen) atoms.